The van der Waals surface area contributed by atoms with Gasteiger partial charge < -0.3 is 9.30 Å². The molecule has 0 radical (unpaired) electrons. The van der Waals surface area contributed by atoms with E-state index >= 15 is 0 Å². The summed E-state index contributed by atoms with van der Waals surface area (Å²) in [7, 11) is 1.53. The van der Waals surface area contributed by atoms with Crippen LogP contribution >= 0.6 is 0 Å². The highest BCUT2D eigenvalue weighted by Crippen LogP contribution is 2.24. The number of rotatable bonds is 4. The molecule has 0 spiro atoms. The third-order valence-corrected chi connectivity index (χ3v) is 4.31. The van der Waals surface area contributed by atoms with E-state index in [1.807, 2.05) is 6.07 Å². The van der Waals surface area contributed by atoms with Gasteiger partial charge in [-0.15, -0.1) is 0 Å². The van der Waals surface area contributed by atoms with E-state index < -0.39 is 5.82 Å². The number of fused-ring (bicyclic) bond motifs is 1. The highest BCUT2D eigenvalue weighted by Gasteiger charge is 2.10. The fourth-order valence-corrected chi connectivity index (χ4v) is 2.91. The molecule has 0 amide bonds. The molecular formula is C20H15FN4O2. The molecule has 3 aromatic heterocycles. The molecule has 0 saturated carbocycles. The van der Waals surface area contributed by atoms with Gasteiger partial charge in [0.25, 0.3) is 5.56 Å². The molecule has 0 fully saturated rings. The monoisotopic (exact) mass is 362 g/mol. The summed E-state index contributed by atoms with van der Waals surface area (Å²) in [5, 5.41) is 0. The molecular weight excluding hydrogens is 347 g/mol. The number of methoxy groups -OCH3 is 1. The van der Waals surface area contributed by atoms with Crippen molar-refractivity contribution in [3.05, 3.63) is 82.9 Å². The van der Waals surface area contributed by atoms with E-state index in [1.54, 1.807) is 42.9 Å². The molecule has 0 aliphatic rings. The van der Waals surface area contributed by atoms with Crippen molar-refractivity contribution in [2.24, 2.45) is 0 Å². The van der Waals surface area contributed by atoms with Crippen LogP contribution in [0.1, 0.15) is 5.56 Å². The summed E-state index contributed by atoms with van der Waals surface area (Å²) < 4.78 is 21.3. The summed E-state index contributed by atoms with van der Waals surface area (Å²) in [6, 6.07) is 10.1. The van der Waals surface area contributed by atoms with Gasteiger partial charge in [-0.1, -0.05) is 12.1 Å². The zero-order chi connectivity index (χ0) is 18.8. The molecule has 0 aliphatic heterocycles. The minimum atomic E-state index is -0.394. The Hall–Kier alpha value is -3.61. The summed E-state index contributed by atoms with van der Waals surface area (Å²) in [4.78, 5) is 24.4. The van der Waals surface area contributed by atoms with Crippen LogP contribution in [-0.4, -0.2) is 26.6 Å². The van der Waals surface area contributed by atoms with E-state index in [2.05, 4.69) is 15.0 Å². The number of hydrogen-bond donors (Lipinski definition) is 0. The predicted molar refractivity (Wildman–Crippen MR) is 99.1 cm³/mol. The van der Waals surface area contributed by atoms with Crippen LogP contribution in [0, 0.1) is 5.82 Å². The fraction of sp³-hybridized carbons (Fsp3) is 0.100. The number of pyridine rings is 2. The second-order valence-electron chi connectivity index (χ2n) is 5.94. The van der Waals surface area contributed by atoms with E-state index in [1.165, 1.54) is 23.9 Å². The van der Waals surface area contributed by atoms with Crippen LogP contribution in [0.15, 0.2) is 66.0 Å². The molecule has 0 unspecified atom stereocenters. The number of nitrogens with zero attached hydrogens (tertiary/aromatic N) is 4. The molecule has 4 rings (SSSR count). The highest BCUT2D eigenvalue weighted by atomic mass is 19.1. The Morgan fingerprint density at radius 3 is 2.70 bits per heavy atom. The first-order chi connectivity index (χ1) is 13.2. The second kappa shape index (κ2) is 6.95. The molecule has 27 heavy (non-hydrogen) atoms. The van der Waals surface area contributed by atoms with Gasteiger partial charge >= 0.3 is 0 Å². The highest BCUT2D eigenvalue weighted by molar-refractivity contribution is 5.73. The SMILES string of the molecule is COc1cc(-c2ccc(Cn3c(=O)cnc4cnccc43)c(F)c2)ccn1. The molecule has 4 aromatic rings. The van der Waals surface area contributed by atoms with Crippen molar-refractivity contribution >= 4 is 11.0 Å². The minimum absolute atomic E-state index is 0.105. The first-order valence-electron chi connectivity index (χ1n) is 8.24. The minimum Gasteiger partial charge on any atom is -0.481 e. The van der Waals surface area contributed by atoms with E-state index in [0.29, 0.717) is 28.0 Å². The van der Waals surface area contributed by atoms with Gasteiger partial charge in [0, 0.05) is 24.0 Å². The average molecular weight is 362 g/mol. The van der Waals surface area contributed by atoms with Gasteiger partial charge in [0.15, 0.2) is 0 Å². The molecule has 134 valence electrons. The number of aromatic nitrogens is 4. The molecule has 7 heteroatoms. The van der Waals surface area contributed by atoms with Crippen molar-refractivity contribution in [2.45, 2.75) is 6.54 Å². The van der Waals surface area contributed by atoms with Crippen molar-refractivity contribution in [2.75, 3.05) is 7.11 Å². The van der Waals surface area contributed by atoms with Gasteiger partial charge in [0.2, 0.25) is 5.88 Å². The quantitative estimate of drug-likeness (QED) is 0.558. The molecule has 6 nitrogen and oxygen atoms in total. The smallest absolute Gasteiger partial charge is 0.269 e. The largest absolute Gasteiger partial charge is 0.481 e. The van der Waals surface area contributed by atoms with Gasteiger partial charge in [-0.05, 0) is 29.3 Å². The molecule has 0 aliphatic carbocycles. The first kappa shape index (κ1) is 16.8. The Kier molecular flexibility index (Phi) is 4.33. The Bertz CT molecular complexity index is 1190. The summed E-state index contributed by atoms with van der Waals surface area (Å²) in [5.41, 5.74) is 2.80. The fourth-order valence-electron chi connectivity index (χ4n) is 2.91. The van der Waals surface area contributed by atoms with Crippen molar-refractivity contribution in [1.82, 2.24) is 19.5 Å². The van der Waals surface area contributed by atoms with E-state index in [-0.39, 0.29) is 12.1 Å². The zero-order valence-corrected chi connectivity index (χ0v) is 14.5. The normalized spacial score (nSPS) is 10.9. The van der Waals surface area contributed by atoms with Crippen LogP contribution in [0.2, 0.25) is 0 Å². The Labute approximate surface area is 153 Å². The lowest BCUT2D eigenvalue weighted by molar-refractivity contribution is 0.398. The zero-order valence-electron chi connectivity index (χ0n) is 14.5. The summed E-state index contributed by atoms with van der Waals surface area (Å²) >= 11 is 0. The van der Waals surface area contributed by atoms with Crippen molar-refractivity contribution < 1.29 is 9.13 Å². The van der Waals surface area contributed by atoms with E-state index in [0.717, 1.165) is 5.56 Å². The maximum atomic E-state index is 14.7. The lowest BCUT2D eigenvalue weighted by Crippen LogP contribution is -2.21. The van der Waals surface area contributed by atoms with Crippen LogP contribution < -0.4 is 10.3 Å². The summed E-state index contributed by atoms with van der Waals surface area (Å²) in [6.45, 7) is 0.105. The number of hydrogen-bond acceptors (Lipinski definition) is 5. The molecule has 3 heterocycles. The Balaban J connectivity index is 1.72. The number of halogens is 1. The molecule has 1 aromatic carbocycles. The van der Waals surface area contributed by atoms with Gasteiger partial charge in [0.1, 0.15) is 11.3 Å². The predicted octanol–water partition coefficient (Wildman–Crippen LogP) is 3.05. The maximum Gasteiger partial charge on any atom is 0.269 e. The third kappa shape index (κ3) is 3.27. The van der Waals surface area contributed by atoms with E-state index in [9.17, 15) is 9.18 Å². The second-order valence-corrected chi connectivity index (χ2v) is 5.94. The van der Waals surface area contributed by atoms with Crippen LogP contribution in [0.3, 0.4) is 0 Å². The lowest BCUT2D eigenvalue weighted by atomic mass is 10.0. The Morgan fingerprint density at radius 2 is 1.89 bits per heavy atom. The number of benzene rings is 1. The molecule has 0 bridgehead atoms. The molecule has 0 atom stereocenters. The topological polar surface area (TPSA) is 69.9 Å². The van der Waals surface area contributed by atoms with Crippen LogP contribution in [0.5, 0.6) is 5.88 Å². The van der Waals surface area contributed by atoms with Crippen LogP contribution in [0.25, 0.3) is 22.2 Å². The van der Waals surface area contributed by atoms with Gasteiger partial charge in [-0.25, -0.2) is 14.4 Å². The van der Waals surface area contributed by atoms with Gasteiger partial charge in [-0.2, -0.15) is 0 Å². The molecule has 0 saturated heterocycles. The summed E-state index contributed by atoms with van der Waals surface area (Å²) in [5.74, 6) is 0.0644. The van der Waals surface area contributed by atoms with Crippen molar-refractivity contribution in [1.29, 1.82) is 0 Å². The molecule has 0 N–H and O–H groups in total. The maximum absolute atomic E-state index is 14.7. The first-order valence-corrected chi connectivity index (χ1v) is 8.24. The van der Waals surface area contributed by atoms with Crippen LogP contribution in [-0.2, 0) is 6.54 Å². The summed E-state index contributed by atoms with van der Waals surface area (Å²) in [6.07, 6.45) is 5.98. The van der Waals surface area contributed by atoms with Gasteiger partial charge in [-0.3, -0.25) is 9.78 Å². The lowest BCUT2D eigenvalue weighted by Gasteiger charge is -2.11. The standard InChI is InChI=1S/C20H15FN4O2/c1-27-19-9-14(4-7-23-19)13-2-3-15(16(21)8-13)12-25-18-5-6-22-10-17(18)24-11-20(25)26/h2-11H,12H2,1H3. The Morgan fingerprint density at radius 1 is 1.04 bits per heavy atom. The van der Waals surface area contributed by atoms with Gasteiger partial charge in [0.05, 0.1) is 31.6 Å². The average Bonchev–Trinajstić information content (AvgIpc) is 2.71. The van der Waals surface area contributed by atoms with Crippen molar-refractivity contribution in [3.8, 4) is 17.0 Å². The number of ether oxygens (including phenoxy) is 1. The van der Waals surface area contributed by atoms with Crippen LogP contribution in [0.4, 0.5) is 4.39 Å². The van der Waals surface area contributed by atoms with E-state index in [4.69, 9.17) is 4.74 Å². The van der Waals surface area contributed by atoms with Crippen molar-refractivity contribution in [3.63, 3.8) is 0 Å². The third-order valence-electron chi connectivity index (χ3n) is 4.31.